The van der Waals surface area contributed by atoms with Gasteiger partial charge in [-0.3, -0.25) is 9.69 Å². The highest BCUT2D eigenvalue weighted by Gasteiger charge is 2.33. The van der Waals surface area contributed by atoms with Gasteiger partial charge in [0.15, 0.2) is 9.84 Å². The van der Waals surface area contributed by atoms with E-state index in [1.165, 1.54) is 11.3 Å². The molecule has 2 heterocycles. The van der Waals surface area contributed by atoms with Gasteiger partial charge in [-0.1, -0.05) is 11.6 Å². The largest absolute Gasteiger partial charge is 0.480 e. The van der Waals surface area contributed by atoms with Crippen LogP contribution in [0.5, 0.6) is 0 Å². The third-order valence-electron chi connectivity index (χ3n) is 3.05. The SMILES string of the molecule is O=C(O)CN(Cc1ccc(Cl)s1)C1CCS(=O)(=O)C1. The Kier molecular flexibility index (Phi) is 4.50. The summed E-state index contributed by atoms with van der Waals surface area (Å²) in [7, 11) is -3.02. The lowest BCUT2D eigenvalue weighted by atomic mass is 10.2. The summed E-state index contributed by atoms with van der Waals surface area (Å²) < 4.78 is 23.6. The molecule has 0 spiro atoms. The second-order valence-corrected chi connectivity index (χ2v) is 8.59. The molecule has 1 aromatic rings. The first-order valence-electron chi connectivity index (χ1n) is 5.76. The number of halogens is 1. The zero-order valence-electron chi connectivity index (χ0n) is 10.1. The third kappa shape index (κ3) is 4.17. The summed E-state index contributed by atoms with van der Waals surface area (Å²) in [6, 6.07) is 3.37. The van der Waals surface area contributed by atoms with Crippen molar-refractivity contribution in [3.8, 4) is 0 Å². The Morgan fingerprint density at radius 3 is 2.74 bits per heavy atom. The van der Waals surface area contributed by atoms with E-state index in [-0.39, 0.29) is 24.1 Å². The summed E-state index contributed by atoms with van der Waals surface area (Å²) in [5.41, 5.74) is 0. The summed E-state index contributed by atoms with van der Waals surface area (Å²) in [6.07, 6.45) is 0.495. The number of carbonyl (C=O) groups is 1. The molecule has 1 atom stereocenters. The molecule has 1 unspecified atom stereocenters. The van der Waals surface area contributed by atoms with E-state index < -0.39 is 15.8 Å². The topological polar surface area (TPSA) is 74.7 Å². The first kappa shape index (κ1) is 14.8. The molecule has 8 heteroatoms. The normalized spacial score (nSPS) is 21.9. The molecule has 1 aliphatic rings. The van der Waals surface area contributed by atoms with Crippen LogP contribution >= 0.6 is 22.9 Å². The van der Waals surface area contributed by atoms with Crippen LogP contribution in [-0.4, -0.2) is 48.5 Å². The quantitative estimate of drug-likeness (QED) is 0.888. The maximum atomic E-state index is 11.5. The van der Waals surface area contributed by atoms with Crippen LogP contribution in [0.25, 0.3) is 0 Å². The predicted octanol–water partition coefficient (Wildman–Crippen LogP) is 1.48. The fraction of sp³-hybridized carbons (Fsp3) is 0.545. The van der Waals surface area contributed by atoms with Crippen LogP contribution in [0.15, 0.2) is 12.1 Å². The number of hydrogen-bond acceptors (Lipinski definition) is 5. The van der Waals surface area contributed by atoms with E-state index in [1.54, 1.807) is 11.0 Å². The molecule has 1 saturated heterocycles. The molecule has 1 N–H and O–H groups in total. The zero-order valence-corrected chi connectivity index (χ0v) is 12.5. The van der Waals surface area contributed by atoms with Crippen molar-refractivity contribution in [3.63, 3.8) is 0 Å². The summed E-state index contributed by atoms with van der Waals surface area (Å²) in [4.78, 5) is 13.6. The molecule has 2 rings (SSSR count). The van der Waals surface area contributed by atoms with Gasteiger partial charge < -0.3 is 5.11 Å². The van der Waals surface area contributed by atoms with E-state index in [0.29, 0.717) is 17.3 Å². The minimum absolute atomic E-state index is 0.0411. The van der Waals surface area contributed by atoms with Crippen molar-refractivity contribution in [3.05, 3.63) is 21.3 Å². The van der Waals surface area contributed by atoms with Gasteiger partial charge in [-0.2, -0.15) is 0 Å². The van der Waals surface area contributed by atoms with Gasteiger partial charge in [0.1, 0.15) is 0 Å². The Morgan fingerprint density at radius 2 is 2.26 bits per heavy atom. The van der Waals surface area contributed by atoms with E-state index in [4.69, 9.17) is 16.7 Å². The number of carboxylic acids is 1. The lowest BCUT2D eigenvalue weighted by molar-refractivity contribution is -0.139. The maximum absolute atomic E-state index is 11.5. The molecular weight excluding hydrogens is 310 g/mol. The highest BCUT2D eigenvalue weighted by Crippen LogP contribution is 2.25. The van der Waals surface area contributed by atoms with Crippen molar-refractivity contribution in [2.75, 3.05) is 18.1 Å². The molecule has 106 valence electrons. The summed E-state index contributed by atoms with van der Waals surface area (Å²) >= 11 is 7.23. The van der Waals surface area contributed by atoms with Gasteiger partial charge in [-0.05, 0) is 18.6 Å². The van der Waals surface area contributed by atoms with Gasteiger partial charge in [0.05, 0.1) is 22.4 Å². The monoisotopic (exact) mass is 323 g/mol. The van der Waals surface area contributed by atoms with Crippen molar-refractivity contribution in [1.29, 1.82) is 0 Å². The van der Waals surface area contributed by atoms with Crippen LogP contribution in [0.2, 0.25) is 4.34 Å². The summed E-state index contributed by atoms with van der Waals surface area (Å²) in [5, 5.41) is 8.94. The van der Waals surface area contributed by atoms with Crippen LogP contribution in [-0.2, 0) is 21.2 Å². The smallest absolute Gasteiger partial charge is 0.317 e. The van der Waals surface area contributed by atoms with E-state index in [0.717, 1.165) is 4.88 Å². The van der Waals surface area contributed by atoms with E-state index in [2.05, 4.69) is 0 Å². The standard InChI is InChI=1S/C11H14ClNO4S2/c12-10-2-1-9(18-10)5-13(6-11(14)15)8-3-4-19(16,17)7-8/h1-2,8H,3-7H2,(H,14,15). The van der Waals surface area contributed by atoms with Crippen LogP contribution in [0.3, 0.4) is 0 Å². The summed E-state index contributed by atoms with van der Waals surface area (Å²) in [6.45, 7) is 0.263. The van der Waals surface area contributed by atoms with Crippen LogP contribution in [0, 0.1) is 0 Å². The molecule has 1 aliphatic heterocycles. The average molecular weight is 324 g/mol. The van der Waals surface area contributed by atoms with Gasteiger partial charge in [0, 0.05) is 17.5 Å². The summed E-state index contributed by atoms with van der Waals surface area (Å²) in [5.74, 6) is -0.773. The molecule has 5 nitrogen and oxygen atoms in total. The van der Waals surface area contributed by atoms with Crippen molar-refractivity contribution in [1.82, 2.24) is 4.90 Å². The predicted molar refractivity (Wildman–Crippen MR) is 74.4 cm³/mol. The fourth-order valence-corrected chi connectivity index (χ4v) is 5.06. The molecule has 0 radical (unpaired) electrons. The molecule has 1 fully saturated rings. The first-order valence-corrected chi connectivity index (χ1v) is 8.78. The number of thiophene rings is 1. The lowest BCUT2D eigenvalue weighted by Crippen LogP contribution is -2.39. The highest BCUT2D eigenvalue weighted by molar-refractivity contribution is 7.91. The number of aliphatic carboxylic acids is 1. The Labute approximate surface area is 120 Å². The molecular formula is C11H14ClNO4S2. The second-order valence-electron chi connectivity index (χ2n) is 4.56. The van der Waals surface area contributed by atoms with Gasteiger partial charge in [0.25, 0.3) is 0 Å². The number of carboxylic acid groups (broad SMARTS) is 1. The van der Waals surface area contributed by atoms with Crippen molar-refractivity contribution >= 4 is 38.7 Å². The van der Waals surface area contributed by atoms with Gasteiger partial charge >= 0.3 is 5.97 Å². The van der Waals surface area contributed by atoms with Crippen LogP contribution in [0.1, 0.15) is 11.3 Å². The Balaban J connectivity index is 2.10. The molecule has 0 saturated carbocycles. The molecule has 1 aromatic heterocycles. The van der Waals surface area contributed by atoms with Gasteiger partial charge in [-0.15, -0.1) is 11.3 Å². The zero-order chi connectivity index (χ0) is 14.0. The second kappa shape index (κ2) is 5.78. The van der Waals surface area contributed by atoms with Crippen LogP contribution < -0.4 is 0 Å². The van der Waals surface area contributed by atoms with E-state index in [9.17, 15) is 13.2 Å². The Bertz CT molecular complexity index is 569. The first-order chi connectivity index (χ1) is 8.85. The van der Waals surface area contributed by atoms with E-state index >= 15 is 0 Å². The number of hydrogen-bond donors (Lipinski definition) is 1. The Hall–Kier alpha value is -0.630. The van der Waals surface area contributed by atoms with Crippen molar-refractivity contribution in [2.24, 2.45) is 0 Å². The molecule has 0 bridgehead atoms. The molecule has 0 aromatic carbocycles. The fourth-order valence-electron chi connectivity index (χ4n) is 2.19. The van der Waals surface area contributed by atoms with Gasteiger partial charge in [0.2, 0.25) is 0 Å². The Morgan fingerprint density at radius 1 is 1.53 bits per heavy atom. The van der Waals surface area contributed by atoms with Crippen molar-refractivity contribution in [2.45, 2.75) is 19.0 Å². The van der Waals surface area contributed by atoms with Gasteiger partial charge in [-0.25, -0.2) is 8.42 Å². The highest BCUT2D eigenvalue weighted by atomic mass is 35.5. The maximum Gasteiger partial charge on any atom is 0.317 e. The lowest BCUT2D eigenvalue weighted by Gasteiger charge is -2.25. The minimum Gasteiger partial charge on any atom is -0.480 e. The minimum atomic E-state index is -3.02. The van der Waals surface area contributed by atoms with Crippen molar-refractivity contribution < 1.29 is 18.3 Å². The molecule has 0 aliphatic carbocycles. The third-order valence-corrected chi connectivity index (χ3v) is 6.02. The van der Waals surface area contributed by atoms with Crippen LogP contribution in [0.4, 0.5) is 0 Å². The number of nitrogens with zero attached hydrogens (tertiary/aromatic N) is 1. The molecule has 19 heavy (non-hydrogen) atoms. The number of rotatable bonds is 5. The number of sulfone groups is 1. The average Bonchev–Trinajstić information content (AvgIpc) is 2.83. The molecule has 0 amide bonds. The van der Waals surface area contributed by atoms with E-state index in [1.807, 2.05) is 6.07 Å².